The Morgan fingerprint density at radius 3 is 2.54 bits per heavy atom. The van der Waals surface area contributed by atoms with Gasteiger partial charge in [0.1, 0.15) is 17.1 Å². The van der Waals surface area contributed by atoms with Crippen molar-refractivity contribution in [1.82, 2.24) is 0 Å². The molecule has 0 unspecified atom stereocenters. The normalized spacial score (nSPS) is 17.6. The number of ether oxygens (including phenoxy) is 1. The van der Waals surface area contributed by atoms with Crippen molar-refractivity contribution in [3.63, 3.8) is 0 Å². The summed E-state index contributed by atoms with van der Waals surface area (Å²) in [5, 5.41) is 10.5. The van der Waals surface area contributed by atoms with Crippen molar-refractivity contribution in [3.05, 3.63) is 65.2 Å². The van der Waals surface area contributed by atoms with Crippen LogP contribution in [0.5, 0.6) is 11.5 Å². The molecule has 2 aliphatic heterocycles. The van der Waals surface area contributed by atoms with Crippen molar-refractivity contribution in [3.8, 4) is 11.5 Å². The van der Waals surface area contributed by atoms with Gasteiger partial charge in [0, 0.05) is 18.8 Å². The van der Waals surface area contributed by atoms with Crippen LogP contribution in [-0.4, -0.2) is 29.6 Å². The Labute approximate surface area is 165 Å². The minimum atomic E-state index is -0.425. The fraction of sp³-hybridized carbons (Fsp3) is 0.292. The molecule has 0 saturated carbocycles. The molecule has 0 aliphatic carbocycles. The summed E-state index contributed by atoms with van der Waals surface area (Å²) in [6.45, 7) is 6.11. The number of rotatable bonds is 4. The topological polar surface area (TPSA) is 49.8 Å². The van der Waals surface area contributed by atoms with Crippen LogP contribution in [0.3, 0.4) is 0 Å². The van der Waals surface area contributed by atoms with Gasteiger partial charge in [-0.05, 0) is 74.7 Å². The van der Waals surface area contributed by atoms with Crippen LogP contribution in [-0.2, 0) is 0 Å². The summed E-state index contributed by atoms with van der Waals surface area (Å²) in [7, 11) is 0. The van der Waals surface area contributed by atoms with Crippen molar-refractivity contribution >= 4 is 23.6 Å². The first-order valence-corrected chi connectivity index (χ1v) is 9.75. The summed E-state index contributed by atoms with van der Waals surface area (Å²) in [6.07, 6.45) is 9.47. The smallest absolute Gasteiger partial charge is 0.189 e. The maximum Gasteiger partial charge on any atom is 0.189 e. The standard InChI is InChI=1S/C24H25NO3/c1-24(2)14-13-20-22(28-24)12-10-19(23(20)27)21(26)11-7-17-5-8-18(9-6-17)25-15-3-4-16-25/h5-14,27H,3-4,15-16H2,1-2H3/b11-7+. The summed E-state index contributed by atoms with van der Waals surface area (Å²) in [6, 6.07) is 11.6. The largest absolute Gasteiger partial charge is 0.506 e. The van der Waals surface area contributed by atoms with Gasteiger partial charge in [-0.1, -0.05) is 18.2 Å². The second-order valence-electron chi connectivity index (χ2n) is 7.90. The van der Waals surface area contributed by atoms with Crippen molar-refractivity contribution in [1.29, 1.82) is 0 Å². The third-order valence-electron chi connectivity index (χ3n) is 5.26. The zero-order valence-corrected chi connectivity index (χ0v) is 16.3. The Kier molecular flexibility index (Phi) is 4.71. The maximum absolute atomic E-state index is 12.6. The number of hydrogen-bond acceptors (Lipinski definition) is 4. The fourth-order valence-corrected chi connectivity index (χ4v) is 3.67. The molecule has 0 spiro atoms. The molecule has 0 bridgehead atoms. The molecule has 2 aromatic carbocycles. The highest BCUT2D eigenvalue weighted by Gasteiger charge is 2.25. The number of carbonyl (C=O) groups is 1. The van der Waals surface area contributed by atoms with Gasteiger partial charge in [0.15, 0.2) is 5.78 Å². The number of benzene rings is 2. The van der Waals surface area contributed by atoms with Gasteiger partial charge in [-0.15, -0.1) is 0 Å². The Morgan fingerprint density at radius 2 is 1.82 bits per heavy atom. The molecule has 4 heteroatoms. The number of anilines is 1. The zero-order chi connectivity index (χ0) is 19.7. The van der Waals surface area contributed by atoms with E-state index in [2.05, 4.69) is 17.0 Å². The Hall–Kier alpha value is -3.01. The molecule has 1 N–H and O–H groups in total. The number of phenolic OH excluding ortho intramolecular Hbond substituents is 1. The molecule has 144 valence electrons. The van der Waals surface area contributed by atoms with E-state index in [1.807, 2.05) is 38.1 Å². The minimum absolute atomic E-state index is 0.0386. The van der Waals surface area contributed by atoms with Gasteiger partial charge in [0.2, 0.25) is 0 Å². The van der Waals surface area contributed by atoms with Crippen molar-refractivity contribution in [2.24, 2.45) is 0 Å². The molecule has 2 heterocycles. The Bertz CT molecular complexity index is 949. The molecule has 1 saturated heterocycles. The molecule has 1 fully saturated rings. The van der Waals surface area contributed by atoms with Gasteiger partial charge in [0.25, 0.3) is 0 Å². The van der Waals surface area contributed by atoms with Crippen LogP contribution < -0.4 is 9.64 Å². The molecule has 4 nitrogen and oxygen atoms in total. The number of fused-ring (bicyclic) bond motifs is 1. The number of allylic oxidation sites excluding steroid dienone is 1. The second kappa shape index (κ2) is 7.19. The summed E-state index contributed by atoms with van der Waals surface area (Å²) >= 11 is 0. The van der Waals surface area contributed by atoms with Gasteiger partial charge < -0.3 is 14.7 Å². The van der Waals surface area contributed by atoms with Crippen LogP contribution in [0.4, 0.5) is 5.69 Å². The van der Waals surface area contributed by atoms with E-state index in [4.69, 9.17) is 4.74 Å². The number of nitrogens with zero attached hydrogens (tertiary/aromatic N) is 1. The van der Waals surface area contributed by atoms with E-state index in [0.717, 1.165) is 18.7 Å². The van der Waals surface area contributed by atoms with E-state index in [1.54, 1.807) is 18.2 Å². The average molecular weight is 375 g/mol. The highest BCUT2D eigenvalue weighted by atomic mass is 16.5. The summed E-state index contributed by atoms with van der Waals surface area (Å²) in [4.78, 5) is 15.0. The van der Waals surface area contributed by atoms with E-state index in [0.29, 0.717) is 11.3 Å². The lowest BCUT2D eigenvalue weighted by Gasteiger charge is -2.28. The lowest BCUT2D eigenvalue weighted by atomic mass is 9.98. The number of hydrogen-bond donors (Lipinski definition) is 1. The van der Waals surface area contributed by atoms with Crippen LogP contribution in [0.15, 0.2) is 48.6 Å². The molecule has 0 atom stereocenters. The number of ketones is 1. The lowest BCUT2D eigenvalue weighted by Crippen LogP contribution is -2.27. The highest BCUT2D eigenvalue weighted by Crippen LogP contribution is 2.38. The first-order valence-electron chi connectivity index (χ1n) is 9.75. The van der Waals surface area contributed by atoms with E-state index in [-0.39, 0.29) is 17.1 Å². The van der Waals surface area contributed by atoms with Crippen LogP contribution in [0.25, 0.3) is 12.2 Å². The van der Waals surface area contributed by atoms with Crippen molar-refractivity contribution < 1.29 is 14.6 Å². The predicted octanol–water partition coefficient (Wildman–Crippen LogP) is 5.07. The molecule has 0 amide bonds. The second-order valence-corrected chi connectivity index (χ2v) is 7.90. The van der Waals surface area contributed by atoms with Crippen LogP contribution >= 0.6 is 0 Å². The van der Waals surface area contributed by atoms with Gasteiger partial charge in [0.05, 0.1) is 11.1 Å². The Morgan fingerprint density at radius 1 is 1.11 bits per heavy atom. The van der Waals surface area contributed by atoms with Crippen LogP contribution in [0.1, 0.15) is 48.2 Å². The maximum atomic E-state index is 12.6. The lowest BCUT2D eigenvalue weighted by molar-refractivity contribution is 0.104. The average Bonchev–Trinajstić information content (AvgIpc) is 3.21. The van der Waals surface area contributed by atoms with Crippen molar-refractivity contribution in [2.45, 2.75) is 32.3 Å². The molecule has 2 aromatic rings. The van der Waals surface area contributed by atoms with E-state index < -0.39 is 5.60 Å². The summed E-state index contributed by atoms with van der Waals surface area (Å²) in [5.41, 5.74) is 2.58. The molecular formula is C24H25NO3. The van der Waals surface area contributed by atoms with E-state index >= 15 is 0 Å². The van der Waals surface area contributed by atoms with Gasteiger partial charge in [-0.25, -0.2) is 0 Å². The number of aromatic hydroxyl groups is 1. The molecular weight excluding hydrogens is 350 g/mol. The quantitative estimate of drug-likeness (QED) is 0.598. The predicted molar refractivity (Wildman–Crippen MR) is 113 cm³/mol. The minimum Gasteiger partial charge on any atom is -0.506 e. The fourth-order valence-electron chi connectivity index (χ4n) is 3.67. The van der Waals surface area contributed by atoms with Crippen LogP contribution in [0.2, 0.25) is 0 Å². The third-order valence-corrected chi connectivity index (χ3v) is 5.26. The SMILES string of the molecule is CC1(C)C=Cc2c(ccc(C(=O)/C=C/c3ccc(N4CCCC4)cc3)c2O)O1. The molecule has 28 heavy (non-hydrogen) atoms. The zero-order valence-electron chi connectivity index (χ0n) is 16.3. The number of phenols is 1. The number of carbonyl (C=O) groups excluding carboxylic acids is 1. The van der Waals surface area contributed by atoms with Crippen molar-refractivity contribution in [2.75, 3.05) is 18.0 Å². The van der Waals surface area contributed by atoms with E-state index in [9.17, 15) is 9.90 Å². The molecule has 0 radical (unpaired) electrons. The van der Waals surface area contributed by atoms with E-state index in [1.165, 1.54) is 24.6 Å². The van der Waals surface area contributed by atoms with Gasteiger partial charge >= 0.3 is 0 Å². The van der Waals surface area contributed by atoms with Gasteiger partial charge in [-0.2, -0.15) is 0 Å². The highest BCUT2D eigenvalue weighted by molar-refractivity contribution is 6.09. The summed E-state index contributed by atoms with van der Waals surface area (Å²) in [5.74, 6) is 0.313. The first kappa shape index (κ1) is 18.4. The molecule has 0 aromatic heterocycles. The molecule has 2 aliphatic rings. The van der Waals surface area contributed by atoms with Crippen LogP contribution in [0, 0.1) is 0 Å². The van der Waals surface area contributed by atoms with Gasteiger partial charge in [-0.3, -0.25) is 4.79 Å². The molecule has 4 rings (SSSR count). The first-order chi connectivity index (χ1) is 13.4. The summed E-state index contributed by atoms with van der Waals surface area (Å²) < 4.78 is 5.84. The third kappa shape index (κ3) is 3.68. The monoisotopic (exact) mass is 375 g/mol. The Balaban J connectivity index is 1.51.